The summed E-state index contributed by atoms with van der Waals surface area (Å²) in [5, 5.41) is 19.9. The number of amides is 1. The maximum absolute atomic E-state index is 11.9. The first-order valence-corrected chi connectivity index (χ1v) is 5.52. The van der Waals surface area contributed by atoms with Crippen LogP contribution >= 0.6 is 0 Å². The SMILES string of the molecule is Cc1c(O)cccc1C(=O)NCc1cccnn1. The van der Waals surface area contributed by atoms with Gasteiger partial charge in [-0.15, -0.1) is 0 Å². The number of aromatic hydroxyl groups is 1. The number of rotatable bonds is 3. The Kier molecular flexibility index (Phi) is 3.52. The molecular formula is C13H13N3O2. The van der Waals surface area contributed by atoms with Crippen LogP contribution < -0.4 is 5.32 Å². The lowest BCUT2D eigenvalue weighted by Gasteiger charge is -2.08. The first-order valence-electron chi connectivity index (χ1n) is 5.52. The molecule has 5 heteroatoms. The van der Waals surface area contributed by atoms with E-state index in [-0.39, 0.29) is 11.7 Å². The van der Waals surface area contributed by atoms with Crippen LogP contribution in [0.25, 0.3) is 0 Å². The van der Waals surface area contributed by atoms with E-state index in [0.29, 0.717) is 23.4 Å². The number of phenolic OH excluding ortho intramolecular Hbond substituents is 1. The summed E-state index contributed by atoms with van der Waals surface area (Å²) in [4.78, 5) is 11.9. The molecule has 1 amide bonds. The monoisotopic (exact) mass is 243 g/mol. The van der Waals surface area contributed by atoms with Crippen LogP contribution in [-0.4, -0.2) is 21.2 Å². The van der Waals surface area contributed by atoms with Crippen LogP contribution in [0.3, 0.4) is 0 Å². The number of phenols is 1. The molecule has 1 aromatic carbocycles. The molecule has 0 unspecified atom stereocenters. The number of hydrogen-bond donors (Lipinski definition) is 2. The lowest BCUT2D eigenvalue weighted by Crippen LogP contribution is -2.24. The van der Waals surface area contributed by atoms with Gasteiger partial charge in [-0.3, -0.25) is 4.79 Å². The van der Waals surface area contributed by atoms with Gasteiger partial charge in [-0.2, -0.15) is 10.2 Å². The molecule has 0 saturated heterocycles. The van der Waals surface area contributed by atoms with Crippen LogP contribution in [0.2, 0.25) is 0 Å². The van der Waals surface area contributed by atoms with E-state index in [2.05, 4.69) is 15.5 Å². The Morgan fingerprint density at radius 3 is 2.89 bits per heavy atom. The van der Waals surface area contributed by atoms with Gasteiger partial charge in [0.15, 0.2) is 0 Å². The Morgan fingerprint density at radius 2 is 2.17 bits per heavy atom. The van der Waals surface area contributed by atoms with Crippen molar-refractivity contribution in [3.05, 3.63) is 53.3 Å². The Bertz CT molecular complexity index is 555. The summed E-state index contributed by atoms with van der Waals surface area (Å²) in [5.74, 6) is -0.129. The molecule has 0 saturated carbocycles. The van der Waals surface area contributed by atoms with Crippen molar-refractivity contribution in [3.8, 4) is 5.75 Å². The maximum Gasteiger partial charge on any atom is 0.252 e. The summed E-state index contributed by atoms with van der Waals surface area (Å²) in [6.07, 6.45) is 1.57. The highest BCUT2D eigenvalue weighted by Gasteiger charge is 2.10. The van der Waals surface area contributed by atoms with Crippen LogP contribution in [0.1, 0.15) is 21.6 Å². The third kappa shape index (κ3) is 2.63. The van der Waals surface area contributed by atoms with Crippen molar-refractivity contribution in [2.45, 2.75) is 13.5 Å². The summed E-state index contributed by atoms with van der Waals surface area (Å²) >= 11 is 0. The zero-order valence-electron chi connectivity index (χ0n) is 9.92. The zero-order valence-corrected chi connectivity index (χ0v) is 9.92. The van der Waals surface area contributed by atoms with E-state index in [1.807, 2.05) is 0 Å². The Labute approximate surface area is 104 Å². The maximum atomic E-state index is 11.9. The van der Waals surface area contributed by atoms with Gasteiger partial charge in [0.25, 0.3) is 5.91 Å². The first kappa shape index (κ1) is 12.0. The molecule has 5 nitrogen and oxygen atoms in total. The van der Waals surface area contributed by atoms with Crippen LogP contribution in [0, 0.1) is 6.92 Å². The third-order valence-electron chi connectivity index (χ3n) is 2.61. The molecule has 1 heterocycles. The van der Waals surface area contributed by atoms with Gasteiger partial charge in [-0.05, 0) is 31.2 Å². The molecule has 0 bridgehead atoms. The molecular weight excluding hydrogens is 230 g/mol. The predicted molar refractivity (Wildman–Crippen MR) is 66.0 cm³/mol. The van der Waals surface area contributed by atoms with E-state index >= 15 is 0 Å². The summed E-state index contributed by atoms with van der Waals surface area (Å²) in [5.41, 5.74) is 1.71. The van der Waals surface area contributed by atoms with Crippen molar-refractivity contribution in [2.24, 2.45) is 0 Å². The minimum absolute atomic E-state index is 0.113. The zero-order chi connectivity index (χ0) is 13.0. The van der Waals surface area contributed by atoms with Gasteiger partial charge < -0.3 is 10.4 Å². The number of nitrogens with one attached hydrogen (secondary N) is 1. The van der Waals surface area contributed by atoms with E-state index in [1.54, 1.807) is 43.5 Å². The molecule has 18 heavy (non-hydrogen) atoms. The van der Waals surface area contributed by atoms with Crippen molar-refractivity contribution < 1.29 is 9.90 Å². The molecule has 0 spiro atoms. The minimum Gasteiger partial charge on any atom is -0.508 e. The van der Waals surface area contributed by atoms with Crippen LogP contribution in [0.4, 0.5) is 0 Å². The topological polar surface area (TPSA) is 75.1 Å². The number of benzene rings is 1. The Balaban J connectivity index is 2.07. The van der Waals surface area contributed by atoms with E-state index < -0.39 is 0 Å². The molecule has 0 aliphatic rings. The smallest absolute Gasteiger partial charge is 0.252 e. The summed E-state index contributed by atoms with van der Waals surface area (Å²) in [6.45, 7) is 2.01. The highest BCUT2D eigenvalue weighted by atomic mass is 16.3. The number of nitrogens with zero attached hydrogens (tertiary/aromatic N) is 2. The molecule has 0 atom stereocenters. The second-order valence-corrected chi connectivity index (χ2v) is 3.85. The number of aromatic nitrogens is 2. The van der Waals surface area contributed by atoms with Gasteiger partial charge in [-0.25, -0.2) is 0 Å². The minimum atomic E-state index is -0.242. The van der Waals surface area contributed by atoms with Gasteiger partial charge in [0.2, 0.25) is 0 Å². The van der Waals surface area contributed by atoms with Crippen LogP contribution in [0.15, 0.2) is 36.5 Å². The van der Waals surface area contributed by atoms with Gasteiger partial charge in [0, 0.05) is 17.3 Å². The van der Waals surface area contributed by atoms with E-state index in [0.717, 1.165) is 0 Å². The quantitative estimate of drug-likeness (QED) is 0.855. The van der Waals surface area contributed by atoms with Crippen molar-refractivity contribution in [2.75, 3.05) is 0 Å². The third-order valence-corrected chi connectivity index (χ3v) is 2.61. The second-order valence-electron chi connectivity index (χ2n) is 3.85. The van der Waals surface area contributed by atoms with Crippen LogP contribution in [0.5, 0.6) is 5.75 Å². The summed E-state index contributed by atoms with van der Waals surface area (Å²) < 4.78 is 0. The highest BCUT2D eigenvalue weighted by molar-refractivity contribution is 5.96. The summed E-state index contributed by atoms with van der Waals surface area (Å²) in [6, 6.07) is 8.39. The van der Waals surface area contributed by atoms with Gasteiger partial charge >= 0.3 is 0 Å². The van der Waals surface area contributed by atoms with Crippen molar-refractivity contribution in [3.63, 3.8) is 0 Å². The van der Waals surface area contributed by atoms with E-state index in [9.17, 15) is 9.90 Å². The average molecular weight is 243 g/mol. The number of carbonyl (C=O) groups excluding carboxylic acids is 1. The molecule has 2 N–H and O–H groups in total. The largest absolute Gasteiger partial charge is 0.508 e. The molecule has 0 aliphatic heterocycles. The first-order chi connectivity index (χ1) is 8.68. The molecule has 0 fully saturated rings. The van der Waals surface area contributed by atoms with Gasteiger partial charge in [-0.1, -0.05) is 6.07 Å². The Morgan fingerprint density at radius 1 is 1.33 bits per heavy atom. The van der Waals surface area contributed by atoms with Crippen molar-refractivity contribution in [1.82, 2.24) is 15.5 Å². The summed E-state index contributed by atoms with van der Waals surface area (Å²) in [7, 11) is 0. The lowest BCUT2D eigenvalue weighted by atomic mass is 10.1. The molecule has 0 aliphatic carbocycles. The normalized spacial score (nSPS) is 10.1. The van der Waals surface area contributed by atoms with Crippen molar-refractivity contribution in [1.29, 1.82) is 0 Å². The fraction of sp³-hybridized carbons (Fsp3) is 0.154. The molecule has 2 aromatic rings. The molecule has 2 rings (SSSR count). The number of hydrogen-bond acceptors (Lipinski definition) is 4. The number of carbonyl (C=O) groups is 1. The standard InChI is InChI=1S/C13H13N3O2/c1-9-11(5-2-6-12(9)17)13(18)14-8-10-4-3-7-15-16-10/h2-7,17H,8H2,1H3,(H,14,18). The van der Waals surface area contributed by atoms with E-state index in [1.165, 1.54) is 0 Å². The molecule has 92 valence electrons. The second kappa shape index (κ2) is 5.27. The molecule has 1 aromatic heterocycles. The van der Waals surface area contributed by atoms with E-state index in [4.69, 9.17) is 0 Å². The molecule has 0 radical (unpaired) electrons. The van der Waals surface area contributed by atoms with Gasteiger partial charge in [0.1, 0.15) is 5.75 Å². The van der Waals surface area contributed by atoms with Gasteiger partial charge in [0.05, 0.1) is 12.2 Å². The lowest BCUT2D eigenvalue weighted by molar-refractivity contribution is 0.0949. The average Bonchev–Trinajstić information content (AvgIpc) is 2.40. The fourth-order valence-electron chi connectivity index (χ4n) is 1.56. The predicted octanol–water partition coefficient (Wildman–Crippen LogP) is 1.42. The fourth-order valence-corrected chi connectivity index (χ4v) is 1.56. The van der Waals surface area contributed by atoms with Crippen LogP contribution in [-0.2, 0) is 6.54 Å². The highest BCUT2D eigenvalue weighted by Crippen LogP contribution is 2.19. The Hall–Kier alpha value is -2.43. The van der Waals surface area contributed by atoms with Crippen molar-refractivity contribution >= 4 is 5.91 Å².